The third kappa shape index (κ3) is 12.8. The van der Waals surface area contributed by atoms with Gasteiger partial charge in [-0.3, -0.25) is 9.59 Å². The zero-order chi connectivity index (χ0) is 24.5. The smallest absolute Gasteiger partial charge is 0.308 e. The molecule has 188 valence electrons. The number of hydrogen-bond donors (Lipinski definition) is 1. The molecule has 0 radical (unpaired) electrons. The van der Waals surface area contributed by atoms with E-state index in [4.69, 9.17) is 4.74 Å². The first kappa shape index (κ1) is 29.2. The normalized spacial score (nSPS) is 11.9. The third-order valence-corrected chi connectivity index (χ3v) is 6.13. The Hall–Kier alpha value is -1.88. The van der Waals surface area contributed by atoms with E-state index in [0.29, 0.717) is 23.5 Å². The predicted octanol–water partition coefficient (Wildman–Crippen LogP) is 7.50. The molecule has 0 aliphatic rings. The van der Waals surface area contributed by atoms with Gasteiger partial charge >= 0.3 is 5.97 Å². The Morgan fingerprint density at radius 1 is 0.848 bits per heavy atom. The molecule has 1 N–H and O–H groups in total. The molecule has 0 heterocycles. The number of carbonyl (C=O) groups is 2. The molecule has 0 saturated heterocycles. The number of amides is 1. The third-order valence-electron chi connectivity index (χ3n) is 6.13. The van der Waals surface area contributed by atoms with Gasteiger partial charge in [0.1, 0.15) is 0 Å². The lowest BCUT2D eigenvalue weighted by Gasteiger charge is -2.24. The zero-order valence-electron chi connectivity index (χ0n) is 21.5. The number of carbonyl (C=O) groups excluding carboxylic acids is 2. The van der Waals surface area contributed by atoms with Gasteiger partial charge < -0.3 is 14.7 Å². The molecule has 0 spiro atoms. The van der Waals surface area contributed by atoms with Crippen LogP contribution in [0.2, 0.25) is 0 Å². The van der Waals surface area contributed by atoms with E-state index in [1.54, 1.807) is 30.0 Å². The molecule has 1 aromatic rings. The number of anilines is 1. The fourth-order valence-corrected chi connectivity index (χ4v) is 4.16. The van der Waals surface area contributed by atoms with E-state index in [0.717, 1.165) is 12.8 Å². The number of rotatable bonds is 18. The van der Waals surface area contributed by atoms with Crippen LogP contribution in [0.5, 0.6) is 5.75 Å². The van der Waals surface area contributed by atoms with Crippen LogP contribution in [0.15, 0.2) is 18.2 Å². The maximum atomic E-state index is 12.3. The molecule has 1 unspecified atom stereocenters. The summed E-state index contributed by atoms with van der Waals surface area (Å²) in [5.41, 5.74) is 1.23. The summed E-state index contributed by atoms with van der Waals surface area (Å²) in [6.07, 6.45) is 17.4. The lowest BCUT2D eigenvalue weighted by molar-refractivity contribution is -0.132. The number of aliphatic hydroxyl groups is 1. The standard InChI is InChI=1S/C28H47NO4/c1-5-6-7-8-9-10-11-12-13-14-15-16-17-18-21-29(24(3)31)27-20-19-26(23(2)30)22-28(27)33-25(4)32/h19-20,22-23,30H,5-18,21H2,1-4H3. The minimum atomic E-state index is -0.676. The SMILES string of the molecule is CCCCCCCCCCCCCCCCN(C(C)=O)c1ccc(C(C)O)cc1OC(C)=O. The van der Waals surface area contributed by atoms with E-state index >= 15 is 0 Å². The minimum absolute atomic E-state index is 0.0807. The minimum Gasteiger partial charge on any atom is -0.424 e. The number of benzene rings is 1. The zero-order valence-corrected chi connectivity index (χ0v) is 21.5. The number of esters is 1. The summed E-state index contributed by atoms with van der Waals surface area (Å²) >= 11 is 0. The maximum absolute atomic E-state index is 12.3. The van der Waals surface area contributed by atoms with Crippen molar-refractivity contribution >= 4 is 17.6 Å². The molecule has 0 aliphatic heterocycles. The van der Waals surface area contributed by atoms with Crippen molar-refractivity contribution in [2.75, 3.05) is 11.4 Å². The van der Waals surface area contributed by atoms with Crippen LogP contribution in [-0.4, -0.2) is 23.5 Å². The van der Waals surface area contributed by atoms with Crippen molar-refractivity contribution in [2.24, 2.45) is 0 Å². The summed E-state index contributed by atoms with van der Waals surface area (Å²) in [6.45, 7) is 7.38. The summed E-state index contributed by atoms with van der Waals surface area (Å²) < 4.78 is 5.35. The van der Waals surface area contributed by atoms with Gasteiger partial charge in [-0.25, -0.2) is 0 Å². The largest absolute Gasteiger partial charge is 0.424 e. The molecule has 0 saturated carbocycles. The number of ether oxygens (including phenoxy) is 1. The first-order valence-electron chi connectivity index (χ1n) is 13.1. The highest BCUT2D eigenvalue weighted by atomic mass is 16.5. The second kappa shape index (κ2) is 17.6. The van der Waals surface area contributed by atoms with Gasteiger partial charge in [0, 0.05) is 20.4 Å². The van der Waals surface area contributed by atoms with Crippen LogP contribution < -0.4 is 9.64 Å². The second-order valence-corrected chi connectivity index (χ2v) is 9.26. The molecule has 1 aromatic carbocycles. The molecule has 0 bridgehead atoms. The lowest BCUT2D eigenvalue weighted by Crippen LogP contribution is -2.30. The first-order valence-corrected chi connectivity index (χ1v) is 13.1. The summed E-state index contributed by atoms with van der Waals surface area (Å²) in [6, 6.07) is 5.17. The van der Waals surface area contributed by atoms with Gasteiger partial charge in [-0.15, -0.1) is 0 Å². The summed E-state index contributed by atoms with van der Waals surface area (Å²) in [5, 5.41) is 9.84. The number of aliphatic hydroxyl groups excluding tert-OH is 1. The van der Waals surface area contributed by atoms with E-state index < -0.39 is 12.1 Å². The van der Waals surface area contributed by atoms with E-state index in [1.807, 2.05) is 0 Å². The Morgan fingerprint density at radius 3 is 1.76 bits per heavy atom. The first-order chi connectivity index (χ1) is 15.9. The van der Waals surface area contributed by atoms with Crippen molar-refractivity contribution < 1.29 is 19.4 Å². The molecular weight excluding hydrogens is 414 g/mol. The van der Waals surface area contributed by atoms with Crippen LogP contribution >= 0.6 is 0 Å². The van der Waals surface area contributed by atoms with Crippen molar-refractivity contribution in [2.45, 2.75) is 124 Å². The van der Waals surface area contributed by atoms with Crippen molar-refractivity contribution in [1.82, 2.24) is 0 Å². The van der Waals surface area contributed by atoms with E-state index in [2.05, 4.69) is 6.92 Å². The molecular formula is C28H47NO4. The molecule has 33 heavy (non-hydrogen) atoms. The van der Waals surface area contributed by atoms with Crippen LogP contribution in [-0.2, 0) is 9.59 Å². The van der Waals surface area contributed by atoms with E-state index in [1.165, 1.54) is 90.9 Å². The van der Waals surface area contributed by atoms with Crippen molar-refractivity contribution in [1.29, 1.82) is 0 Å². The monoisotopic (exact) mass is 461 g/mol. The average Bonchev–Trinajstić information content (AvgIpc) is 2.76. The van der Waals surface area contributed by atoms with Gasteiger partial charge in [-0.1, -0.05) is 96.5 Å². The van der Waals surface area contributed by atoms with Gasteiger partial charge in [0.05, 0.1) is 11.8 Å². The molecule has 0 aliphatic carbocycles. The molecule has 5 nitrogen and oxygen atoms in total. The quantitative estimate of drug-likeness (QED) is 0.140. The van der Waals surface area contributed by atoms with Gasteiger partial charge in [-0.05, 0) is 31.0 Å². The van der Waals surface area contributed by atoms with Gasteiger partial charge in [0.2, 0.25) is 5.91 Å². The number of hydrogen-bond acceptors (Lipinski definition) is 4. The molecule has 0 aromatic heterocycles. The predicted molar refractivity (Wildman–Crippen MR) is 137 cm³/mol. The van der Waals surface area contributed by atoms with Crippen LogP contribution in [0.3, 0.4) is 0 Å². The average molecular weight is 462 g/mol. The Kier molecular flexibility index (Phi) is 15.5. The van der Waals surface area contributed by atoms with Crippen molar-refractivity contribution in [3.63, 3.8) is 0 Å². The fourth-order valence-electron chi connectivity index (χ4n) is 4.16. The number of nitrogens with zero attached hydrogens (tertiary/aromatic N) is 1. The van der Waals surface area contributed by atoms with Crippen molar-refractivity contribution in [3.05, 3.63) is 23.8 Å². The molecule has 1 amide bonds. The maximum Gasteiger partial charge on any atom is 0.308 e. The summed E-state index contributed by atoms with van der Waals surface area (Å²) in [4.78, 5) is 25.5. The Labute approximate surface area is 201 Å². The van der Waals surface area contributed by atoms with Crippen LogP contribution in [0.1, 0.15) is 129 Å². The fraction of sp³-hybridized carbons (Fsp3) is 0.714. The summed E-state index contributed by atoms with van der Waals surface area (Å²) in [5.74, 6) is -0.205. The highest BCUT2D eigenvalue weighted by molar-refractivity contribution is 5.93. The van der Waals surface area contributed by atoms with Crippen LogP contribution in [0.25, 0.3) is 0 Å². The highest BCUT2D eigenvalue weighted by Crippen LogP contribution is 2.32. The second-order valence-electron chi connectivity index (χ2n) is 9.26. The van der Waals surface area contributed by atoms with Gasteiger partial charge in [0.25, 0.3) is 0 Å². The van der Waals surface area contributed by atoms with Gasteiger partial charge in [0.15, 0.2) is 5.75 Å². The van der Waals surface area contributed by atoms with Gasteiger partial charge in [-0.2, -0.15) is 0 Å². The Bertz CT molecular complexity index is 686. The topological polar surface area (TPSA) is 66.8 Å². The highest BCUT2D eigenvalue weighted by Gasteiger charge is 2.18. The van der Waals surface area contributed by atoms with E-state index in [9.17, 15) is 14.7 Å². The van der Waals surface area contributed by atoms with Crippen LogP contribution in [0.4, 0.5) is 5.69 Å². The Morgan fingerprint density at radius 2 is 1.33 bits per heavy atom. The lowest BCUT2D eigenvalue weighted by atomic mass is 10.0. The Balaban J connectivity index is 2.34. The number of unbranched alkanes of at least 4 members (excludes halogenated alkanes) is 13. The molecule has 5 heteroatoms. The summed E-state index contributed by atoms with van der Waals surface area (Å²) in [7, 11) is 0. The van der Waals surface area contributed by atoms with Crippen molar-refractivity contribution in [3.8, 4) is 5.75 Å². The molecule has 1 atom stereocenters. The van der Waals surface area contributed by atoms with E-state index in [-0.39, 0.29) is 5.91 Å². The molecule has 0 fully saturated rings. The van der Waals surface area contributed by atoms with Crippen LogP contribution in [0, 0.1) is 0 Å². The molecule has 1 rings (SSSR count).